The smallest absolute Gasteiger partial charge is 0.241 e. The van der Waals surface area contributed by atoms with Crippen molar-refractivity contribution in [1.82, 2.24) is 14.5 Å². The number of ether oxygens (including phenoxy) is 1. The van der Waals surface area contributed by atoms with Gasteiger partial charge in [0.05, 0.1) is 29.7 Å². The quantitative estimate of drug-likeness (QED) is 0.683. The maximum absolute atomic E-state index is 12.9. The van der Waals surface area contributed by atoms with Crippen LogP contribution in [0.25, 0.3) is 0 Å². The van der Waals surface area contributed by atoms with E-state index in [1.807, 2.05) is 12.1 Å². The van der Waals surface area contributed by atoms with Crippen molar-refractivity contribution in [1.29, 1.82) is 5.26 Å². The van der Waals surface area contributed by atoms with Gasteiger partial charge in [-0.2, -0.15) is 9.98 Å². The number of amides is 1. The van der Waals surface area contributed by atoms with Crippen LogP contribution in [0.1, 0.15) is 24.5 Å². The van der Waals surface area contributed by atoms with Crippen molar-refractivity contribution in [2.24, 2.45) is 0 Å². The summed E-state index contributed by atoms with van der Waals surface area (Å²) >= 11 is 0. The van der Waals surface area contributed by atoms with Gasteiger partial charge in [-0.05, 0) is 55.3 Å². The molecule has 1 fully saturated rings. The highest BCUT2D eigenvalue weighted by atomic mass is 32.2. The van der Waals surface area contributed by atoms with Crippen molar-refractivity contribution in [2.75, 3.05) is 33.3 Å². The highest BCUT2D eigenvalue weighted by molar-refractivity contribution is 7.89. The van der Waals surface area contributed by atoms with Crippen molar-refractivity contribution in [3.63, 3.8) is 0 Å². The number of hydrogen-bond acceptors (Lipinski definition) is 6. The minimum absolute atomic E-state index is 0.0856. The molecule has 1 atom stereocenters. The number of nitrogens with zero attached hydrogens (tertiary/aromatic N) is 3. The summed E-state index contributed by atoms with van der Waals surface area (Å²) in [6.07, 6.45) is 0.806. The van der Waals surface area contributed by atoms with Crippen LogP contribution < -0.4 is 9.46 Å². The van der Waals surface area contributed by atoms with Crippen LogP contribution in [0.2, 0.25) is 0 Å². The second kappa shape index (κ2) is 10.6. The van der Waals surface area contributed by atoms with Gasteiger partial charge in [-0.25, -0.2) is 8.42 Å². The molecule has 0 aliphatic carbocycles. The van der Waals surface area contributed by atoms with E-state index < -0.39 is 16.1 Å². The number of benzene rings is 2. The van der Waals surface area contributed by atoms with Crippen LogP contribution in [0.4, 0.5) is 0 Å². The Balaban J connectivity index is 1.56. The molecule has 2 aromatic carbocycles. The molecule has 9 heteroatoms. The highest BCUT2D eigenvalue weighted by Gasteiger charge is 2.27. The third-order valence-corrected chi connectivity index (χ3v) is 7.02. The molecule has 1 saturated heterocycles. The lowest BCUT2D eigenvalue weighted by atomic mass is 10.1. The van der Waals surface area contributed by atoms with E-state index in [-0.39, 0.29) is 10.8 Å². The predicted octanol–water partition coefficient (Wildman–Crippen LogP) is 1.97. The third kappa shape index (κ3) is 6.07. The van der Waals surface area contributed by atoms with Gasteiger partial charge in [-0.3, -0.25) is 9.69 Å². The lowest BCUT2D eigenvalue weighted by Crippen LogP contribution is -2.47. The van der Waals surface area contributed by atoms with Gasteiger partial charge in [-0.15, -0.1) is 0 Å². The number of sulfonamides is 1. The largest absolute Gasteiger partial charge is 0.497 e. The normalized spacial score (nSPS) is 16.1. The first-order chi connectivity index (χ1) is 15.3. The minimum Gasteiger partial charge on any atom is -0.497 e. The Bertz CT molecular complexity index is 1060. The maximum Gasteiger partial charge on any atom is 0.241 e. The zero-order chi connectivity index (χ0) is 23.1. The van der Waals surface area contributed by atoms with Gasteiger partial charge in [0.25, 0.3) is 0 Å². The van der Waals surface area contributed by atoms with Crippen molar-refractivity contribution in [3.8, 4) is 11.8 Å². The fourth-order valence-electron chi connectivity index (χ4n) is 3.67. The van der Waals surface area contributed by atoms with Gasteiger partial charge in [0.1, 0.15) is 5.75 Å². The third-order valence-electron chi connectivity index (χ3n) is 5.46. The summed E-state index contributed by atoms with van der Waals surface area (Å²) in [5.74, 6) is 0.325. The van der Waals surface area contributed by atoms with Crippen molar-refractivity contribution >= 4 is 15.9 Å². The number of hydrogen-bond donors (Lipinski definition) is 1. The van der Waals surface area contributed by atoms with E-state index in [1.54, 1.807) is 36.1 Å². The second-order valence-electron chi connectivity index (χ2n) is 7.78. The zero-order valence-corrected chi connectivity index (χ0v) is 19.1. The molecule has 1 aliphatic rings. The van der Waals surface area contributed by atoms with E-state index in [0.717, 1.165) is 25.1 Å². The first kappa shape index (κ1) is 23.7. The number of methoxy groups -OCH3 is 1. The maximum atomic E-state index is 12.9. The zero-order valence-electron chi connectivity index (χ0n) is 18.3. The Hall–Kier alpha value is -2.93. The second-order valence-corrected chi connectivity index (χ2v) is 9.50. The Kier molecular flexibility index (Phi) is 7.85. The monoisotopic (exact) mass is 456 g/mol. The summed E-state index contributed by atoms with van der Waals surface area (Å²) < 4.78 is 32.8. The van der Waals surface area contributed by atoms with Gasteiger partial charge in [0.15, 0.2) is 0 Å². The molecule has 0 unspecified atom stereocenters. The molecule has 0 saturated carbocycles. The van der Waals surface area contributed by atoms with E-state index in [9.17, 15) is 13.2 Å². The topological polar surface area (TPSA) is 103 Å². The molecule has 2 aromatic rings. The van der Waals surface area contributed by atoms with E-state index in [1.165, 1.54) is 19.2 Å². The van der Waals surface area contributed by atoms with Crippen LogP contribution >= 0.6 is 0 Å². The number of carbonyl (C=O) groups excluding carboxylic acids is 1. The standard InChI is InChI=1S/C23H28N4O4S/c1-18(25-32(29,30)22-10-8-21(31-2)9-11-22)23(28)27-13-3-12-26(14-15-27)17-20-6-4-19(16-24)5-7-20/h4-11,18,25H,3,12-15,17H2,1-2H3/t18-/m0/s1. The molecule has 1 N–H and O–H groups in total. The molecule has 0 aromatic heterocycles. The van der Waals surface area contributed by atoms with E-state index in [0.29, 0.717) is 30.9 Å². The van der Waals surface area contributed by atoms with Crippen molar-refractivity contribution in [3.05, 3.63) is 59.7 Å². The van der Waals surface area contributed by atoms with Gasteiger partial charge < -0.3 is 9.64 Å². The number of carbonyl (C=O) groups is 1. The van der Waals surface area contributed by atoms with Crippen LogP contribution in [-0.2, 0) is 21.4 Å². The summed E-state index contributed by atoms with van der Waals surface area (Å²) in [4.78, 5) is 17.0. The van der Waals surface area contributed by atoms with Crippen molar-refractivity contribution < 1.29 is 17.9 Å². The Morgan fingerprint density at radius 3 is 2.41 bits per heavy atom. The summed E-state index contributed by atoms with van der Waals surface area (Å²) in [6.45, 7) is 4.97. The van der Waals surface area contributed by atoms with Gasteiger partial charge in [-0.1, -0.05) is 12.1 Å². The van der Waals surface area contributed by atoms with Gasteiger partial charge in [0.2, 0.25) is 15.9 Å². The summed E-state index contributed by atoms with van der Waals surface area (Å²) in [5, 5.41) is 8.92. The number of nitrogens with one attached hydrogen (secondary N) is 1. The molecule has 0 spiro atoms. The molecular formula is C23H28N4O4S. The predicted molar refractivity (Wildman–Crippen MR) is 120 cm³/mol. The van der Waals surface area contributed by atoms with Crippen LogP contribution in [0.3, 0.4) is 0 Å². The molecule has 1 amide bonds. The van der Waals surface area contributed by atoms with Crippen LogP contribution in [0, 0.1) is 11.3 Å². The fourth-order valence-corrected chi connectivity index (χ4v) is 4.87. The molecule has 1 heterocycles. The van der Waals surface area contributed by atoms with E-state index in [2.05, 4.69) is 15.7 Å². The van der Waals surface area contributed by atoms with E-state index in [4.69, 9.17) is 10.00 Å². The Morgan fingerprint density at radius 2 is 1.78 bits per heavy atom. The average Bonchev–Trinajstić information content (AvgIpc) is 3.04. The summed E-state index contributed by atoms with van der Waals surface area (Å²) in [5.41, 5.74) is 1.75. The Morgan fingerprint density at radius 1 is 1.09 bits per heavy atom. The van der Waals surface area contributed by atoms with Gasteiger partial charge in [0, 0.05) is 32.7 Å². The van der Waals surface area contributed by atoms with Crippen molar-refractivity contribution in [2.45, 2.75) is 30.8 Å². The molecule has 1 aliphatic heterocycles. The average molecular weight is 457 g/mol. The number of nitriles is 1. The SMILES string of the molecule is COc1ccc(S(=O)(=O)N[C@@H](C)C(=O)N2CCCN(Cc3ccc(C#N)cc3)CC2)cc1. The highest BCUT2D eigenvalue weighted by Crippen LogP contribution is 2.16. The summed E-state index contributed by atoms with van der Waals surface area (Å²) in [7, 11) is -2.31. The molecule has 170 valence electrons. The van der Waals surface area contributed by atoms with Crippen LogP contribution in [0.15, 0.2) is 53.4 Å². The first-order valence-electron chi connectivity index (χ1n) is 10.5. The molecule has 3 rings (SSSR count). The molecule has 32 heavy (non-hydrogen) atoms. The van der Waals surface area contributed by atoms with Gasteiger partial charge >= 0.3 is 0 Å². The number of rotatable bonds is 7. The van der Waals surface area contributed by atoms with Crippen LogP contribution in [0.5, 0.6) is 5.75 Å². The summed E-state index contributed by atoms with van der Waals surface area (Å²) in [6, 6.07) is 14.8. The molecule has 8 nitrogen and oxygen atoms in total. The lowest BCUT2D eigenvalue weighted by molar-refractivity contribution is -0.132. The molecular weight excluding hydrogens is 428 g/mol. The lowest BCUT2D eigenvalue weighted by Gasteiger charge is -2.25. The van der Waals surface area contributed by atoms with Crippen LogP contribution in [-0.4, -0.2) is 63.5 Å². The fraction of sp³-hybridized carbons (Fsp3) is 0.391. The first-order valence-corrected chi connectivity index (χ1v) is 12.0. The minimum atomic E-state index is -3.82. The van der Waals surface area contributed by atoms with E-state index >= 15 is 0 Å². The molecule has 0 radical (unpaired) electrons. The Labute approximate surface area is 189 Å². The molecule has 0 bridgehead atoms.